The zero-order valence-electron chi connectivity index (χ0n) is 16.4. The van der Waals surface area contributed by atoms with Crippen LogP contribution in [0.25, 0.3) is 21.3 Å². The molecule has 0 saturated carbocycles. The first-order chi connectivity index (χ1) is 13.4. The number of aryl methyl sites for hydroxylation is 2. The Morgan fingerprint density at radius 1 is 1.11 bits per heavy atom. The van der Waals surface area contributed by atoms with E-state index in [1.165, 1.54) is 27.8 Å². The van der Waals surface area contributed by atoms with Crippen molar-refractivity contribution in [2.45, 2.75) is 20.4 Å². The standard InChI is InChI=1S/C21H24N4O2S/c1-14-4-6-16(7-5-14)18-15(2)28-20-19(18)21(27)25(13-22-20)12-17(26)24-10-8-23(3)9-11-24/h4-7,13H,8-12H2,1-3H3. The van der Waals surface area contributed by atoms with Crippen LogP contribution >= 0.6 is 11.3 Å². The molecule has 0 spiro atoms. The fourth-order valence-electron chi connectivity index (χ4n) is 3.62. The van der Waals surface area contributed by atoms with E-state index in [2.05, 4.69) is 16.9 Å². The number of likely N-dealkylation sites (N-methyl/N-ethyl adjacent to an activating group) is 1. The highest BCUT2D eigenvalue weighted by molar-refractivity contribution is 7.19. The van der Waals surface area contributed by atoms with E-state index in [0.717, 1.165) is 33.9 Å². The Bertz CT molecular complexity index is 1080. The fourth-order valence-corrected chi connectivity index (χ4v) is 4.62. The fraction of sp³-hybridized carbons (Fsp3) is 0.381. The molecule has 28 heavy (non-hydrogen) atoms. The van der Waals surface area contributed by atoms with Gasteiger partial charge in [0.2, 0.25) is 5.91 Å². The number of amides is 1. The van der Waals surface area contributed by atoms with E-state index in [4.69, 9.17) is 0 Å². The van der Waals surface area contributed by atoms with Gasteiger partial charge in [0.1, 0.15) is 11.4 Å². The zero-order chi connectivity index (χ0) is 19.8. The smallest absolute Gasteiger partial charge is 0.263 e. The molecular formula is C21H24N4O2S. The maximum Gasteiger partial charge on any atom is 0.263 e. The Balaban J connectivity index is 1.70. The maximum atomic E-state index is 13.2. The molecule has 1 amide bonds. The molecular weight excluding hydrogens is 372 g/mol. The first-order valence-corrected chi connectivity index (χ1v) is 10.3. The molecule has 6 nitrogen and oxygen atoms in total. The van der Waals surface area contributed by atoms with Crippen LogP contribution in [-0.4, -0.2) is 58.5 Å². The monoisotopic (exact) mass is 396 g/mol. The quantitative estimate of drug-likeness (QED) is 0.683. The third-order valence-electron chi connectivity index (χ3n) is 5.36. The van der Waals surface area contributed by atoms with Crippen molar-refractivity contribution in [3.8, 4) is 11.1 Å². The van der Waals surface area contributed by atoms with E-state index in [1.54, 1.807) is 0 Å². The zero-order valence-corrected chi connectivity index (χ0v) is 17.3. The van der Waals surface area contributed by atoms with Gasteiger partial charge >= 0.3 is 0 Å². The molecule has 146 valence electrons. The molecule has 7 heteroatoms. The van der Waals surface area contributed by atoms with Crippen LogP contribution < -0.4 is 5.56 Å². The summed E-state index contributed by atoms with van der Waals surface area (Å²) in [6.07, 6.45) is 1.51. The summed E-state index contributed by atoms with van der Waals surface area (Å²) < 4.78 is 1.45. The van der Waals surface area contributed by atoms with Crippen LogP contribution in [0.1, 0.15) is 10.4 Å². The van der Waals surface area contributed by atoms with Crippen LogP contribution in [0.5, 0.6) is 0 Å². The van der Waals surface area contributed by atoms with Crippen LogP contribution in [0, 0.1) is 13.8 Å². The van der Waals surface area contributed by atoms with Crippen LogP contribution in [0.15, 0.2) is 35.4 Å². The number of rotatable bonds is 3. The van der Waals surface area contributed by atoms with Crippen molar-refractivity contribution in [1.82, 2.24) is 19.4 Å². The molecule has 1 aromatic carbocycles. The molecule has 3 aromatic rings. The molecule has 1 aliphatic heterocycles. The van der Waals surface area contributed by atoms with Crippen LogP contribution in [0.3, 0.4) is 0 Å². The number of hydrogen-bond donors (Lipinski definition) is 0. The molecule has 0 N–H and O–H groups in total. The summed E-state index contributed by atoms with van der Waals surface area (Å²) in [7, 11) is 2.05. The molecule has 4 rings (SSSR count). The SMILES string of the molecule is Cc1ccc(-c2c(C)sc3ncn(CC(=O)N4CCN(C)CC4)c(=O)c23)cc1. The molecule has 1 aliphatic rings. The highest BCUT2D eigenvalue weighted by atomic mass is 32.1. The summed E-state index contributed by atoms with van der Waals surface area (Å²) >= 11 is 1.52. The molecule has 0 atom stereocenters. The van der Waals surface area contributed by atoms with Crippen molar-refractivity contribution in [3.63, 3.8) is 0 Å². The Morgan fingerprint density at radius 3 is 2.46 bits per heavy atom. The molecule has 0 unspecified atom stereocenters. The summed E-state index contributed by atoms with van der Waals surface area (Å²) in [5.74, 6) is -0.0276. The lowest BCUT2D eigenvalue weighted by atomic mass is 10.0. The van der Waals surface area contributed by atoms with Gasteiger partial charge in [-0.05, 0) is 26.5 Å². The molecule has 3 heterocycles. The first kappa shape index (κ1) is 18.8. The van der Waals surface area contributed by atoms with Gasteiger partial charge in [-0.2, -0.15) is 0 Å². The number of carbonyl (C=O) groups excluding carboxylic acids is 1. The van der Waals surface area contributed by atoms with E-state index in [0.29, 0.717) is 18.5 Å². The molecule has 0 bridgehead atoms. The third kappa shape index (κ3) is 3.47. The van der Waals surface area contributed by atoms with Gasteiger partial charge in [-0.15, -0.1) is 11.3 Å². The summed E-state index contributed by atoms with van der Waals surface area (Å²) in [6.45, 7) is 7.21. The third-order valence-corrected chi connectivity index (χ3v) is 6.37. The largest absolute Gasteiger partial charge is 0.339 e. The highest BCUT2D eigenvalue weighted by Gasteiger charge is 2.21. The van der Waals surface area contributed by atoms with Crippen molar-refractivity contribution >= 4 is 27.5 Å². The van der Waals surface area contributed by atoms with Crippen molar-refractivity contribution in [2.24, 2.45) is 0 Å². The van der Waals surface area contributed by atoms with Crippen LogP contribution in [0.4, 0.5) is 0 Å². The Kier molecular flexibility index (Phi) is 5.03. The van der Waals surface area contributed by atoms with Gasteiger partial charge < -0.3 is 9.80 Å². The molecule has 0 aliphatic carbocycles. The van der Waals surface area contributed by atoms with Gasteiger partial charge in [-0.3, -0.25) is 14.2 Å². The lowest BCUT2D eigenvalue weighted by Gasteiger charge is -2.32. The lowest BCUT2D eigenvalue weighted by molar-refractivity contribution is -0.133. The second kappa shape index (κ2) is 7.48. The lowest BCUT2D eigenvalue weighted by Crippen LogP contribution is -2.48. The van der Waals surface area contributed by atoms with Crippen molar-refractivity contribution in [2.75, 3.05) is 33.2 Å². The minimum Gasteiger partial charge on any atom is -0.339 e. The number of aromatic nitrogens is 2. The summed E-state index contributed by atoms with van der Waals surface area (Å²) in [4.78, 5) is 36.2. The van der Waals surface area contributed by atoms with Gasteiger partial charge in [0, 0.05) is 36.6 Å². The number of thiophene rings is 1. The Labute approximate surface area is 168 Å². The van der Waals surface area contributed by atoms with Crippen LogP contribution in [0.2, 0.25) is 0 Å². The van der Waals surface area contributed by atoms with Crippen molar-refractivity contribution in [3.05, 3.63) is 51.4 Å². The average Bonchev–Trinajstić information content (AvgIpc) is 3.02. The van der Waals surface area contributed by atoms with Gasteiger partial charge in [0.25, 0.3) is 5.56 Å². The highest BCUT2D eigenvalue weighted by Crippen LogP contribution is 2.35. The minimum absolute atomic E-state index is 0.0276. The van der Waals surface area contributed by atoms with Gasteiger partial charge in [0.15, 0.2) is 0 Å². The number of carbonyl (C=O) groups is 1. The average molecular weight is 397 g/mol. The summed E-state index contributed by atoms with van der Waals surface area (Å²) in [6, 6.07) is 8.17. The van der Waals surface area contributed by atoms with E-state index in [1.807, 2.05) is 43.0 Å². The van der Waals surface area contributed by atoms with Gasteiger partial charge in [-0.1, -0.05) is 29.8 Å². The number of fused-ring (bicyclic) bond motifs is 1. The van der Waals surface area contributed by atoms with Crippen LogP contribution in [-0.2, 0) is 11.3 Å². The Morgan fingerprint density at radius 2 is 1.79 bits per heavy atom. The predicted octanol–water partition coefficient (Wildman–Crippen LogP) is 2.52. The molecule has 1 saturated heterocycles. The number of benzene rings is 1. The van der Waals surface area contributed by atoms with E-state index in [-0.39, 0.29) is 18.0 Å². The molecule has 2 aromatic heterocycles. The number of nitrogens with zero attached hydrogens (tertiary/aromatic N) is 4. The van der Waals surface area contributed by atoms with E-state index < -0.39 is 0 Å². The number of piperazine rings is 1. The van der Waals surface area contributed by atoms with E-state index in [9.17, 15) is 9.59 Å². The van der Waals surface area contributed by atoms with Gasteiger partial charge in [-0.25, -0.2) is 4.98 Å². The molecule has 0 radical (unpaired) electrons. The minimum atomic E-state index is -0.146. The second-order valence-electron chi connectivity index (χ2n) is 7.44. The summed E-state index contributed by atoms with van der Waals surface area (Å²) in [5.41, 5.74) is 2.97. The molecule has 1 fully saturated rings. The topological polar surface area (TPSA) is 58.4 Å². The van der Waals surface area contributed by atoms with Crippen molar-refractivity contribution in [1.29, 1.82) is 0 Å². The van der Waals surface area contributed by atoms with Gasteiger partial charge in [0.05, 0.1) is 11.7 Å². The predicted molar refractivity (Wildman–Crippen MR) is 113 cm³/mol. The Hall–Kier alpha value is -2.51. The second-order valence-corrected chi connectivity index (χ2v) is 8.64. The number of hydrogen-bond acceptors (Lipinski definition) is 5. The van der Waals surface area contributed by atoms with Crippen molar-refractivity contribution < 1.29 is 4.79 Å². The summed E-state index contributed by atoms with van der Waals surface area (Å²) in [5, 5.41) is 0.611. The maximum absolute atomic E-state index is 13.2. The van der Waals surface area contributed by atoms with E-state index >= 15 is 0 Å². The normalized spacial score (nSPS) is 15.3. The first-order valence-electron chi connectivity index (χ1n) is 9.46.